The lowest BCUT2D eigenvalue weighted by Gasteiger charge is -2.08. The molecule has 3 aromatic rings. The van der Waals surface area contributed by atoms with Gasteiger partial charge in [0.2, 0.25) is 0 Å². The number of rotatable bonds is 3. The third kappa shape index (κ3) is 3.30. The Balaban J connectivity index is 1.71. The number of carbonyl (C=O) groups is 1. The zero-order valence-electron chi connectivity index (χ0n) is 14.5. The molecule has 4 nitrogen and oxygen atoms in total. The van der Waals surface area contributed by atoms with Gasteiger partial charge in [0.05, 0.1) is 17.7 Å². The first-order valence-corrected chi connectivity index (χ1v) is 9.31. The van der Waals surface area contributed by atoms with Crippen molar-refractivity contribution in [1.82, 2.24) is 4.98 Å². The van der Waals surface area contributed by atoms with Crippen molar-refractivity contribution in [3.05, 3.63) is 64.3 Å². The fourth-order valence-electron chi connectivity index (χ4n) is 3.17. The molecule has 1 heterocycles. The second-order valence-corrected chi connectivity index (χ2v) is 7.22. The summed E-state index contributed by atoms with van der Waals surface area (Å²) < 4.78 is 32.9. The molecular weight excluding hydrogens is 370 g/mol. The van der Waals surface area contributed by atoms with Gasteiger partial charge in [-0.2, -0.15) is 0 Å². The topological polar surface area (TPSA) is 51.2 Å². The van der Waals surface area contributed by atoms with E-state index in [0.717, 1.165) is 53.3 Å². The largest absolute Gasteiger partial charge is 0.497 e. The number of aromatic nitrogens is 1. The highest BCUT2D eigenvalue weighted by molar-refractivity contribution is 7.17. The predicted octanol–water partition coefficient (Wildman–Crippen LogP) is 4.84. The van der Waals surface area contributed by atoms with E-state index in [9.17, 15) is 13.6 Å². The molecule has 7 heteroatoms. The molecule has 1 aliphatic carbocycles. The molecule has 0 atom stereocenters. The number of amides is 1. The molecule has 2 aromatic carbocycles. The molecule has 0 radical (unpaired) electrons. The number of methoxy groups -OCH3 is 1. The Morgan fingerprint density at radius 3 is 2.70 bits per heavy atom. The van der Waals surface area contributed by atoms with E-state index in [1.165, 1.54) is 23.0 Å². The van der Waals surface area contributed by atoms with Gasteiger partial charge in [-0.15, -0.1) is 11.3 Å². The zero-order valence-corrected chi connectivity index (χ0v) is 15.3. The normalized spacial score (nSPS) is 12.7. The van der Waals surface area contributed by atoms with Gasteiger partial charge in [-0.05, 0) is 49.1 Å². The molecule has 4 rings (SSSR count). The molecule has 27 heavy (non-hydrogen) atoms. The molecule has 1 aromatic heterocycles. The van der Waals surface area contributed by atoms with Crippen LogP contribution in [-0.2, 0) is 12.8 Å². The highest BCUT2D eigenvalue weighted by Gasteiger charge is 2.23. The molecule has 0 fully saturated rings. The highest BCUT2D eigenvalue weighted by atomic mass is 32.1. The summed E-state index contributed by atoms with van der Waals surface area (Å²) in [6, 6.07) is 9.32. The third-order valence-electron chi connectivity index (χ3n) is 4.51. The van der Waals surface area contributed by atoms with Gasteiger partial charge in [0, 0.05) is 5.56 Å². The number of para-hydroxylation sites is 1. The first-order valence-electron chi connectivity index (χ1n) is 8.49. The number of halogens is 2. The summed E-state index contributed by atoms with van der Waals surface area (Å²) in [7, 11) is 1.60. The average Bonchev–Trinajstić information content (AvgIpc) is 3.02. The maximum atomic E-state index is 13.8. The van der Waals surface area contributed by atoms with E-state index in [0.29, 0.717) is 0 Å². The molecule has 1 amide bonds. The Morgan fingerprint density at radius 2 is 1.96 bits per heavy atom. The van der Waals surface area contributed by atoms with Crippen molar-refractivity contribution >= 4 is 22.9 Å². The van der Waals surface area contributed by atoms with E-state index in [2.05, 4.69) is 10.3 Å². The van der Waals surface area contributed by atoms with Crippen molar-refractivity contribution < 1.29 is 18.3 Å². The summed E-state index contributed by atoms with van der Waals surface area (Å²) in [6.45, 7) is 0. The summed E-state index contributed by atoms with van der Waals surface area (Å²) in [5, 5.41) is 2.48. The van der Waals surface area contributed by atoms with Crippen LogP contribution < -0.4 is 10.1 Å². The van der Waals surface area contributed by atoms with Crippen LogP contribution >= 0.6 is 11.3 Å². The highest BCUT2D eigenvalue weighted by Crippen LogP contribution is 2.39. The van der Waals surface area contributed by atoms with Crippen LogP contribution in [0.1, 0.15) is 27.5 Å². The van der Waals surface area contributed by atoms with Gasteiger partial charge in [-0.1, -0.05) is 12.1 Å². The van der Waals surface area contributed by atoms with Gasteiger partial charge >= 0.3 is 0 Å². The van der Waals surface area contributed by atoms with Crippen molar-refractivity contribution in [3.63, 3.8) is 0 Å². The monoisotopic (exact) mass is 386 g/mol. The maximum absolute atomic E-state index is 13.8. The standard InChI is InChI=1S/C20H16F2N2O2S/c1-26-12-9-8-11-4-2-7-16-18(13(11)10-12)27-20(23-16)19(25)24-17-14(21)5-3-6-15(17)22/h3,5-6,8-10H,2,4,7H2,1H3,(H,24,25). The van der Waals surface area contributed by atoms with Crippen LogP contribution in [0.5, 0.6) is 5.75 Å². The number of aryl methyl sites for hydroxylation is 2. The van der Waals surface area contributed by atoms with E-state index >= 15 is 0 Å². The Hall–Kier alpha value is -2.80. The van der Waals surface area contributed by atoms with E-state index < -0.39 is 23.2 Å². The second kappa shape index (κ2) is 7.08. The third-order valence-corrected chi connectivity index (χ3v) is 5.64. The van der Waals surface area contributed by atoms with Crippen LogP contribution in [-0.4, -0.2) is 18.0 Å². The number of nitrogens with one attached hydrogen (secondary N) is 1. The Morgan fingerprint density at radius 1 is 1.19 bits per heavy atom. The number of benzene rings is 2. The number of hydrogen-bond donors (Lipinski definition) is 1. The first-order chi connectivity index (χ1) is 13.1. The molecule has 0 unspecified atom stereocenters. The number of nitrogens with zero attached hydrogens (tertiary/aromatic N) is 1. The molecule has 1 aliphatic rings. The van der Waals surface area contributed by atoms with Crippen LogP contribution in [0.4, 0.5) is 14.5 Å². The van der Waals surface area contributed by atoms with E-state index in [-0.39, 0.29) is 5.01 Å². The number of ether oxygens (including phenoxy) is 1. The summed E-state index contributed by atoms with van der Waals surface area (Å²) in [5.74, 6) is -1.54. The molecule has 0 bridgehead atoms. The van der Waals surface area contributed by atoms with Crippen LogP contribution in [0.2, 0.25) is 0 Å². The molecule has 0 saturated heterocycles. The Kier molecular flexibility index (Phi) is 4.61. The van der Waals surface area contributed by atoms with E-state index in [1.807, 2.05) is 18.2 Å². The fraction of sp³-hybridized carbons (Fsp3) is 0.200. The Bertz CT molecular complexity index is 1010. The van der Waals surface area contributed by atoms with Gasteiger partial charge in [-0.3, -0.25) is 4.79 Å². The number of thiazole rings is 1. The molecule has 0 spiro atoms. The Labute approximate surface area is 158 Å². The van der Waals surface area contributed by atoms with Crippen LogP contribution in [0, 0.1) is 11.6 Å². The first kappa shape index (κ1) is 17.6. The summed E-state index contributed by atoms with van der Waals surface area (Å²) >= 11 is 1.23. The average molecular weight is 386 g/mol. The minimum Gasteiger partial charge on any atom is -0.497 e. The summed E-state index contributed by atoms with van der Waals surface area (Å²) in [6.07, 6.45) is 2.58. The second-order valence-electron chi connectivity index (χ2n) is 6.22. The van der Waals surface area contributed by atoms with Gasteiger partial charge in [0.1, 0.15) is 23.1 Å². The number of hydrogen-bond acceptors (Lipinski definition) is 4. The number of carbonyl (C=O) groups excluding carboxylic acids is 1. The lowest BCUT2D eigenvalue weighted by molar-refractivity contribution is 0.102. The quantitative estimate of drug-likeness (QED) is 0.701. The molecule has 1 N–H and O–H groups in total. The smallest absolute Gasteiger partial charge is 0.284 e. The maximum Gasteiger partial charge on any atom is 0.284 e. The van der Waals surface area contributed by atoms with Crippen molar-refractivity contribution in [3.8, 4) is 16.2 Å². The van der Waals surface area contributed by atoms with Gasteiger partial charge in [-0.25, -0.2) is 13.8 Å². The zero-order chi connectivity index (χ0) is 19.0. The van der Waals surface area contributed by atoms with E-state index in [1.54, 1.807) is 7.11 Å². The van der Waals surface area contributed by atoms with Crippen molar-refractivity contribution in [2.45, 2.75) is 19.3 Å². The minimum atomic E-state index is -0.823. The van der Waals surface area contributed by atoms with Crippen LogP contribution in [0.25, 0.3) is 10.4 Å². The predicted molar refractivity (Wildman–Crippen MR) is 100 cm³/mol. The van der Waals surface area contributed by atoms with Crippen LogP contribution in [0.3, 0.4) is 0 Å². The van der Waals surface area contributed by atoms with Gasteiger partial charge < -0.3 is 10.1 Å². The summed E-state index contributed by atoms with van der Waals surface area (Å²) in [4.78, 5) is 17.9. The molecular formula is C20H16F2N2O2S. The molecule has 0 aliphatic heterocycles. The summed E-state index contributed by atoms with van der Waals surface area (Å²) in [5.41, 5.74) is 2.53. The molecule has 0 saturated carbocycles. The van der Waals surface area contributed by atoms with Gasteiger partial charge in [0.25, 0.3) is 5.91 Å². The van der Waals surface area contributed by atoms with Gasteiger partial charge in [0.15, 0.2) is 5.01 Å². The van der Waals surface area contributed by atoms with Crippen molar-refractivity contribution in [2.24, 2.45) is 0 Å². The van der Waals surface area contributed by atoms with Crippen molar-refractivity contribution in [1.29, 1.82) is 0 Å². The minimum absolute atomic E-state index is 0.179. The fourth-order valence-corrected chi connectivity index (χ4v) is 4.23. The lowest BCUT2D eigenvalue weighted by atomic mass is 10.0. The van der Waals surface area contributed by atoms with Crippen LogP contribution in [0.15, 0.2) is 36.4 Å². The lowest BCUT2D eigenvalue weighted by Crippen LogP contribution is -2.14. The van der Waals surface area contributed by atoms with E-state index in [4.69, 9.17) is 4.74 Å². The number of fused-ring (bicyclic) bond motifs is 3. The SMILES string of the molecule is COc1ccc2c(c1)-c1sc(C(=O)Nc3c(F)cccc3F)nc1CCC2. The number of anilines is 1. The van der Waals surface area contributed by atoms with Crippen molar-refractivity contribution in [2.75, 3.05) is 12.4 Å². The molecule has 138 valence electrons.